The molecule has 0 fully saturated rings. The lowest BCUT2D eigenvalue weighted by Crippen LogP contribution is -2.25. The molecule has 2 rings (SSSR count). The molecule has 0 bridgehead atoms. The van der Waals surface area contributed by atoms with Gasteiger partial charge in [0.1, 0.15) is 5.82 Å². The van der Waals surface area contributed by atoms with Crippen LogP contribution in [0.5, 0.6) is 0 Å². The molecular weight excluding hydrogens is 226 g/mol. The zero-order valence-corrected chi connectivity index (χ0v) is 10.5. The predicted molar refractivity (Wildman–Crippen MR) is 72.2 cm³/mol. The smallest absolute Gasteiger partial charge is 0.252 e. The number of amides is 1. The SMILES string of the molecule is Nc1ccc(C(=O)NCCC2=CCCCC2)cn1. The van der Waals surface area contributed by atoms with E-state index in [-0.39, 0.29) is 5.91 Å². The fourth-order valence-corrected chi connectivity index (χ4v) is 2.11. The Kier molecular flexibility index (Phi) is 4.34. The summed E-state index contributed by atoms with van der Waals surface area (Å²) in [6, 6.07) is 3.33. The zero-order valence-electron chi connectivity index (χ0n) is 10.5. The van der Waals surface area contributed by atoms with Crippen molar-refractivity contribution in [3.63, 3.8) is 0 Å². The number of allylic oxidation sites excluding steroid dienone is 1. The van der Waals surface area contributed by atoms with E-state index in [1.54, 1.807) is 12.1 Å². The molecule has 4 heteroatoms. The highest BCUT2D eigenvalue weighted by atomic mass is 16.1. The molecule has 1 amide bonds. The second kappa shape index (κ2) is 6.19. The molecule has 0 unspecified atom stereocenters. The molecule has 0 aromatic carbocycles. The van der Waals surface area contributed by atoms with Gasteiger partial charge in [-0.3, -0.25) is 4.79 Å². The molecule has 1 aliphatic carbocycles. The van der Waals surface area contributed by atoms with Crippen LogP contribution in [0.15, 0.2) is 30.0 Å². The van der Waals surface area contributed by atoms with Crippen molar-refractivity contribution in [1.29, 1.82) is 0 Å². The molecule has 0 saturated carbocycles. The summed E-state index contributed by atoms with van der Waals surface area (Å²) in [5.41, 5.74) is 7.50. The van der Waals surface area contributed by atoms with E-state index in [4.69, 9.17) is 5.73 Å². The number of nitrogens with one attached hydrogen (secondary N) is 1. The third-order valence-electron chi connectivity index (χ3n) is 3.17. The number of hydrogen-bond donors (Lipinski definition) is 2. The molecule has 18 heavy (non-hydrogen) atoms. The first kappa shape index (κ1) is 12.6. The Bertz CT molecular complexity index is 437. The van der Waals surface area contributed by atoms with Crippen molar-refractivity contribution in [3.05, 3.63) is 35.5 Å². The van der Waals surface area contributed by atoms with Crippen LogP contribution < -0.4 is 11.1 Å². The summed E-state index contributed by atoms with van der Waals surface area (Å²) >= 11 is 0. The highest BCUT2D eigenvalue weighted by molar-refractivity contribution is 5.93. The minimum atomic E-state index is -0.0843. The van der Waals surface area contributed by atoms with Crippen molar-refractivity contribution in [2.45, 2.75) is 32.1 Å². The number of pyridine rings is 1. The Morgan fingerprint density at radius 1 is 1.39 bits per heavy atom. The molecule has 1 aliphatic rings. The van der Waals surface area contributed by atoms with Crippen LogP contribution in [0.25, 0.3) is 0 Å². The van der Waals surface area contributed by atoms with Crippen molar-refractivity contribution >= 4 is 11.7 Å². The van der Waals surface area contributed by atoms with Crippen molar-refractivity contribution in [2.24, 2.45) is 0 Å². The van der Waals surface area contributed by atoms with Crippen LogP contribution in [0.3, 0.4) is 0 Å². The molecule has 0 atom stereocenters. The van der Waals surface area contributed by atoms with Crippen LogP contribution in [-0.2, 0) is 0 Å². The maximum Gasteiger partial charge on any atom is 0.252 e. The number of nitrogens with two attached hydrogens (primary N) is 1. The van der Waals surface area contributed by atoms with Crippen LogP contribution in [0.2, 0.25) is 0 Å². The lowest BCUT2D eigenvalue weighted by atomic mass is 9.97. The van der Waals surface area contributed by atoms with Crippen LogP contribution in [0.1, 0.15) is 42.5 Å². The topological polar surface area (TPSA) is 68.0 Å². The summed E-state index contributed by atoms with van der Waals surface area (Å²) in [7, 11) is 0. The third kappa shape index (κ3) is 3.58. The summed E-state index contributed by atoms with van der Waals surface area (Å²) in [4.78, 5) is 15.7. The van der Waals surface area contributed by atoms with Gasteiger partial charge in [-0.25, -0.2) is 4.98 Å². The van der Waals surface area contributed by atoms with Gasteiger partial charge in [0, 0.05) is 12.7 Å². The lowest BCUT2D eigenvalue weighted by molar-refractivity contribution is 0.0953. The summed E-state index contributed by atoms with van der Waals surface area (Å²) < 4.78 is 0. The zero-order chi connectivity index (χ0) is 12.8. The summed E-state index contributed by atoms with van der Waals surface area (Å²) in [6.07, 6.45) is 9.71. The van der Waals surface area contributed by atoms with Crippen LogP contribution in [0, 0.1) is 0 Å². The number of nitrogen functional groups attached to an aromatic ring is 1. The molecular formula is C14H19N3O. The summed E-state index contributed by atoms with van der Waals surface area (Å²) in [5.74, 6) is 0.345. The van der Waals surface area contributed by atoms with Gasteiger partial charge < -0.3 is 11.1 Å². The van der Waals surface area contributed by atoms with Gasteiger partial charge in [0.25, 0.3) is 5.91 Å². The number of aromatic nitrogens is 1. The second-order valence-corrected chi connectivity index (χ2v) is 4.59. The maximum absolute atomic E-state index is 11.8. The van der Waals surface area contributed by atoms with Gasteiger partial charge in [-0.05, 0) is 44.2 Å². The molecule has 0 saturated heterocycles. The highest BCUT2D eigenvalue weighted by Gasteiger charge is 2.07. The Balaban J connectivity index is 1.78. The molecule has 1 aromatic heterocycles. The molecule has 0 radical (unpaired) electrons. The van der Waals surface area contributed by atoms with Gasteiger partial charge >= 0.3 is 0 Å². The maximum atomic E-state index is 11.8. The minimum Gasteiger partial charge on any atom is -0.384 e. The Morgan fingerprint density at radius 2 is 2.28 bits per heavy atom. The largest absolute Gasteiger partial charge is 0.384 e. The van der Waals surface area contributed by atoms with Gasteiger partial charge in [-0.1, -0.05) is 11.6 Å². The standard InChI is InChI=1S/C14H19N3O/c15-13-7-6-12(10-17-13)14(18)16-9-8-11-4-2-1-3-5-11/h4,6-7,10H,1-3,5,8-9H2,(H2,15,17)(H,16,18). The fraction of sp³-hybridized carbons (Fsp3) is 0.429. The number of carbonyl (C=O) groups excluding carboxylic acids is 1. The lowest BCUT2D eigenvalue weighted by Gasteiger charge is -2.12. The van der Waals surface area contributed by atoms with E-state index in [9.17, 15) is 4.79 Å². The van der Waals surface area contributed by atoms with Crippen molar-refractivity contribution < 1.29 is 4.79 Å². The Hall–Kier alpha value is -1.84. The first-order valence-electron chi connectivity index (χ1n) is 6.43. The molecule has 4 nitrogen and oxygen atoms in total. The van der Waals surface area contributed by atoms with Gasteiger partial charge in [-0.2, -0.15) is 0 Å². The molecule has 1 aromatic rings. The molecule has 96 valence electrons. The van der Waals surface area contributed by atoms with Crippen LogP contribution in [0.4, 0.5) is 5.82 Å². The molecule has 0 aliphatic heterocycles. The summed E-state index contributed by atoms with van der Waals surface area (Å²) in [5, 5.41) is 2.91. The van der Waals surface area contributed by atoms with E-state index in [0.717, 1.165) is 6.42 Å². The normalized spacial score (nSPS) is 15.0. The Morgan fingerprint density at radius 3 is 2.94 bits per heavy atom. The van der Waals surface area contributed by atoms with Gasteiger partial charge in [0.15, 0.2) is 0 Å². The van der Waals surface area contributed by atoms with Gasteiger partial charge in [-0.15, -0.1) is 0 Å². The summed E-state index contributed by atoms with van der Waals surface area (Å²) in [6.45, 7) is 0.690. The van der Waals surface area contributed by atoms with E-state index >= 15 is 0 Å². The number of nitrogens with zero attached hydrogens (tertiary/aromatic N) is 1. The fourth-order valence-electron chi connectivity index (χ4n) is 2.11. The first-order valence-corrected chi connectivity index (χ1v) is 6.43. The third-order valence-corrected chi connectivity index (χ3v) is 3.17. The minimum absolute atomic E-state index is 0.0843. The van der Waals surface area contributed by atoms with Crippen LogP contribution in [-0.4, -0.2) is 17.4 Å². The highest BCUT2D eigenvalue weighted by Crippen LogP contribution is 2.19. The van der Waals surface area contributed by atoms with E-state index in [1.165, 1.54) is 37.5 Å². The molecule has 1 heterocycles. The van der Waals surface area contributed by atoms with E-state index in [1.807, 2.05) is 0 Å². The number of rotatable bonds is 4. The van der Waals surface area contributed by atoms with E-state index < -0.39 is 0 Å². The second-order valence-electron chi connectivity index (χ2n) is 4.59. The first-order chi connectivity index (χ1) is 8.75. The van der Waals surface area contributed by atoms with Crippen molar-refractivity contribution in [2.75, 3.05) is 12.3 Å². The van der Waals surface area contributed by atoms with Gasteiger partial charge in [0.05, 0.1) is 5.56 Å². The number of carbonyl (C=O) groups is 1. The average Bonchev–Trinajstić information content (AvgIpc) is 2.40. The number of anilines is 1. The average molecular weight is 245 g/mol. The molecule has 0 spiro atoms. The Labute approximate surface area is 107 Å². The predicted octanol–water partition coefficient (Wildman–Crippen LogP) is 2.28. The monoisotopic (exact) mass is 245 g/mol. The quantitative estimate of drug-likeness (QED) is 0.800. The van der Waals surface area contributed by atoms with Crippen LogP contribution >= 0.6 is 0 Å². The van der Waals surface area contributed by atoms with Crippen molar-refractivity contribution in [3.8, 4) is 0 Å². The number of hydrogen-bond acceptors (Lipinski definition) is 3. The molecule has 3 N–H and O–H groups in total. The van der Waals surface area contributed by atoms with Gasteiger partial charge in [0.2, 0.25) is 0 Å². The van der Waals surface area contributed by atoms with E-state index in [2.05, 4.69) is 16.4 Å². The van der Waals surface area contributed by atoms with Crippen molar-refractivity contribution in [1.82, 2.24) is 10.3 Å². The van der Waals surface area contributed by atoms with E-state index in [0.29, 0.717) is 17.9 Å².